The zero-order valence-electron chi connectivity index (χ0n) is 17.4. The van der Waals surface area contributed by atoms with Crippen molar-refractivity contribution in [2.24, 2.45) is 0 Å². The molecule has 1 fully saturated rings. The van der Waals surface area contributed by atoms with Crippen molar-refractivity contribution in [3.63, 3.8) is 0 Å². The number of benzene rings is 2. The van der Waals surface area contributed by atoms with Crippen LogP contribution >= 0.6 is 0 Å². The van der Waals surface area contributed by atoms with E-state index in [0.717, 1.165) is 44.8 Å². The van der Waals surface area contributed by atoms with Gasteiger partial charge in [-0.15, -0.1) is 0 Å². The van der Waals surface area contributed by atoms with Crippen LogP contribution in [0.15, 0.2) is 48.5 Å². The summed E-state index contributed by atoms with van der Waals surface area (Å²) in [4.78, 5) is 29.1. The third-order valence-corrected chi connectivity index (χ3v) is 5.43. The second kappa shape index (κ2) is 10.8. The highest BCUT2D eigenvalue weighted by Crippen LogP contribution is 2.13. The zero-order valence-corrected chi connectivity index (χ0v) is 17.4. The number of carbonyl (C=O) groups excluding carboxylic acids is 2. The van der Waals surface area contributed by atoms with Crippen molar-refractivity contribution >= 4 is 11.8 Å². The van der Waals surface area contributed by atoms with E-state index in [2.05, 4.69) is 33.4 Å². The summed E-state index contributed by atoms with van der Waals surface area (Å²) >= 11 is 0. The molecule has 2 amide bonds. The van der Waals surface area contributed by atoms with E-state index in [1.165, 1.54) is 23.8 Å². The standard InChI is InChI=1S/C23H29FN4O2/c1-2-27-11-13-28(14-12-27)17-19-8-4-3-7-18(19)15-25-22(29)16-26-23(30)20-9-5-6-10-21(20)24/h3-10H,2,11-17H2,1H3,(H,25,29)(H,26,30). The van der Waals surface area contributed by atoms with E-state index in [1.807, 2.05) is 18.2 Å². The first-order valence-corrected chi connectivity index (χ1v) is 10.4. The summed E-state index contributed by atoms with van der Waals surface area (Å²) in [6.07, 6.45) is 0. The maximum atomic E-state index is 13.6. The molecule has 1 aliphatic heterocycles. The maximum Gasteiger partial charge on any atom is 0.254 e. The molecular weight excluding hydrogens is 383 g/mol. The molecular formula is C23H29FN4O2. The Morgan fingerprint density at radius 3 is 2.23 bits per heavy atom. The highest BCUT2D eigenvalue weighted by Gasteiger charge is 2.17. The van der Waals surface area contributed by atoms with Crippen LogP contribution in [0.5, 0.6) is 0 Å². The number of rotatable bonds is 8. The summed E-state index contributed by atoms with van der Waals surface area (Å²) in [5.74, 6) is -1.52. The number of amides is 2. The van der Waals surface area contributed by atoms with Crippen molar-refractivity contribution in [2.75, 3.05) is 39.3 Å². The van der Waals surface area contributed by atoms with Crippen LogP contribution in [0, 0.1) is 5.82 Å². The predicted molar refractivity (Wildman–Crippen MR) is 114 cm³/mol. The molecule has 0 saturated carbocycles. The second-order valence-electron chi connectivity index (χ2n) is 7.42. The maximum absolute atomic E-state index is 13.6. The Morgan fingerprint density at radius 1 is 0.900 bits per heavy atom. The zero-order chi connectivity index (χ0) is 21.3. The number of nitrogens with zero attached hydrogens (tertiary/aromatic N) is 2. The fourth-order valence-corrected chi connectivity index (χ4v) is 3.55. The van der Waals surface area contributed by atoms with Gasteiger partial charge >= 0.3 is 0 Å². The van der Waals surface area contributed by atoms with Crippen LogP contribution in [0.2, 0.25) is 0 Å². The number of nitrogens with one attached hydrogen (secondary N) is 2. The summed E-state index contributed by atoms with van der Waals surface area (Å²) in [5.41, 5.74) is 2.18. The van der Waals surface area contributed by atoms with Crippen LogP contribution in [0.1, 0.15) is 28.4 Å². The smallest absolute Gasteiger partial charge is 0.254 e. The molecule has 0 aliphatic carbocycles. The number of hydrogen-bond donors (Lipinski definition) is 2. The van der Waals surface area contributed by atoms with Crippen molar-refractivity contribution in [1.29, 1.82) is 0 Å². The summed E-state index contributed by atoms with van der Waals surface area (Å²) in [5, 5.41) is 5.30. The minimum Gasteiger partial charge on any atom is -0.350 e. The molecule has 6 nitrogen and oxygen atoms in total. The molecule has 2 aromatic rings. The first-order valence-electron chi connectivity index (χ1n) is 10.4. The fourth-order valence-electron chi connectivity index (χ4n) is 3.55. The lowest BCUT2D eigenvalue weighted by atomic mass is 10.1. The van der Waals surface area contributed by atoms with Gasteiger partial charge in [0.2, 0.25) is 5.91 Å². The van der Waals surface area contributed by atoms with Gasteiger partial charge in [0.15, 0.2) is 0 Å². The lowest BCUT2D eigenvalue weighted by molar-refractivity contribution is -0.120. The van der Waals surface area contributed by atoms with Gasteiger partial charge in [0.25, 0.3) is 5.91 Å². The topological polar surface area (TPSA) is 64.7 Å². The summed E-state index contributed by atoms with van der Waals surface area (Å²) in [6, 6.07) is 13.8. The molecule has 0 radical (unpaired) electrons. The lowest BCUT2D eigenvalue weighted by Crippen LogP contribution is -2.45. The Kier molecular flexibility index (Phi) is 7.93. The van der Waals surface area contributed by atoms with E-state index in [4.69, 9.17) is 0 Å². The molecule has 1 saturated heterocycles. The van der Waals surface area contributed by atoms with E-state index in [0.29, 0.717) is 6.54 Å². The van der Waals surface area contributed by atoms with Gasteiger partial charge in [0.05, 0.1) is 12.1 Å². The van der Waals surface area contributed by atoms with Crippen LogP contribution in [0.3, 0.4) is 0 Å². The van der Waals surface area contributed by atoms with E-state index < -0.39 is 11.7 Å². The highest BCUT2D eigenvalue weighted by molar-refractivity contribution is 5.96. The van der Waals surface area contributed by atoms with E-state index in [1.54, 1.807) is 6.07 Å². The molecule has 0 bridgehead atoms. The number of halogens is 1. The Balaban J connectivity index is 1.48. The molecule has 1 heterocycles. The van der Waals surface area contributed by atoms with Crippen LogP contribution in [0.25, 0.3) is 0 Å². The third-order valence-electron chi connectivity index (χ3n) is 5.43. The van der Waals surface area contributed by atoms with Gasteiger partial charge in [0.1, 0.15) is 5.82 Å². The van der Waals surface area contributed by atoms with E-state index in [-0.39, 0.29) is 18.0 Å². The molecule has 160 valence electrons. The second-order valence-corrected chi connectivity index (χ2v) is 7.42. The molecule has 3 rings (SSSR count). The number of piperazine rings is 1. The third kappa shape index (κ3) is 6.11. The molecule has 30 heavy (non-hydrogen) atoms. The molecule has 2 N–H and O–H groups in total. The molecule has 0 unspecified atom stereocenters. The van der Waals surface area contributed by atoms with Crippen LogP contribution in [-0.2, 0) is 17.9 Å². The van der Waals surface area contributed by atoms with Gasteiger partial charge in [-0.3, -0.25) is 14.5 Å². The van der Waals surface area contributed by atoms with Crippen molar-refractivity contribution in [2.45, 2.75) is 20.0 Å². The Bertz CT molecular complexity index is 866. The summed E-state index contributed by atoms with van der Waals surface area (Å²) < 4.78 is 13.6. The van der Waals surface area contributed by atoms with E-state index >= 15 is 0 Å². The molecule has 0 aromatic heterocycles. The average molecular weight is 413 g/mol. The Hall–Kier alpha value is -2.77. The molecule has 2 aromatic carbocycles. The van der Waals surface area contributed by atoms with Gasteiger partial charge in [-0.05, 0) is 29.8 Å². The SMILES string of the molecule is CCN1CCN(Cc2ccccc2CNC(=O)CNC(=O)c2ccccc2F)CC1. The van der Waals surface area contributed by atoms with Gasteiger partial charge in [-0.2, -0.15) is 0 Å². The van der Waals surface area contributed by atoms with Crippen molar-refractivity contribution in [3.8, 4) is 0 Å². The molecule has 0 spiro atoms. The number of carbonyl (C=O) groups is 2. The summed E-state index contributed by atoms with van der Waals surface area (Å²) in [7, 11) is 0. The first kappa shape index (κ1) is 21.9. The Labute approximate surface area is 177 Å². The lowest BCUT2D eigenvalue weighted by Gasteiger charge is -2.34. The van der Waals surface area contributed by atoms with Gasteiger partial charge in [0, 0.05) is 39.3 Å². The first-order chi connectivity index (χ1) is 14.6. The van der Waals surface area contributed by atoms with Gasteiger partial charge in [-0.1, -0.05) is 43.3 Å². The largest absolute Gasteiger partial charge is 0.350 e. The van der Waals surface area contributed by atoms with Crippen molar-refractivity contribution < 1.29 is 14.0 Å². The molecule has 0 atom stereocenters. The van der Waals surface area contributed by atoms with Crippen molar-refractivity contribution in [1.82, 2.24) is 20.4 Å². The van der Waals surface area contributed by atoms with Gasteiger partial charge in [-0.25, -0.2) is 4.39 Å². The van der Waals surface area contributed by atoms with Crippen LogP contribution in [0.4, 0.5) is 4.39 Å². The highest BCUT2D eigenvalue weighted by atomic mass is 19.1. The van der Waals surface area contributed by atoms with Crippen LogP contribution < -0.4 is 10.6 Å². The predicted octanol–water partition coefficient (Wildman–Crippen LogP) is 2.01. The quantitative estimate of drug-likeness (QED) is 0.696. The molecule has 1 aliphatic rings. The normalized spacial score (nSPS) is 15.0. The number of hydrogen-bond acceptors (Lipinski definition) is 4. The van der Waals surface area contributed by atoms with Crippen molar-refractivity contribution in [3.05, 3.63) is 71.0 Å². The van der Waals surface area contributed by atoms with Crippen LogP contribution in [-0.4, -0.2) is 60.9 Å². The number of likely N-dealkylation sites (N-methyl/N-ethyl adjacent to an activating group) is 1. The summed E-state index contributed by atoms with van der Waals surface area (Å²) in [6.45, 7) is 8.55. The molecule has 7 heteroatoms. The van der Waals surface area contributed by atoms with Gasteiger partial charge < -0.3 is 15.5 Å². The minimum absolute atomic E-state index is 0.0705. The monoisotopic (exact) mass is 412 g/mol. The Morgan fingerprint density at radius 2 is 1.53 bits per heavy atom. The minimum atomic E-state index is -0.607. The fraction of sp³-hybridized carbons (Fsp3) is 0.391. The van der Waals surface area contributed by atoms with E-state index in [9.17, 15) is 14.0 Å². The average Bonchev–Trinajstić information content (AvgIpc) is 2.77.